The molecular formula is C11H20N2. The molecule has 0 spiro atoms. The van der Waals surface area contributed by atoms with Crippen LogP contribution in [0.3, 0.4) is 0 Å². The molecule has 2 heteroatoms. The Kier molecular flexibility index (Phi) is 19.2. The molecule has 0 aliphatic heterocycles. The average molecular weight is 180 g/mol. The zero-order valence-electron chi connectivity index (χ0n) is 8.84. The smallest absolute Gasteiger partial charge is 0.181 e. The van der Waals surface area contributed by atoms with Gasteiger partial charge in [0.25, 0.3) is 0 Å². The van der Waals surface area contributed by atoms with E-state index in [2.05, 4.69) is 13.8 Å². The first-order valence-electron chi connectivity index (χ1n) is 5.11. The molecule has 0 bridgehead atoms. The number of hydrogen-bond acceptors (Lipinski definition) is 2. The van der Waals surface area contributed by atoms with E-state index in [1.165, 1.54) is 57.1 Å². The highest BCUT2D eigenvalue weighted by Gasteiger charge is 1.85. The quantitative estimate of drug-likeness (QED) is 0.584. The zero-order chi connectivity index (χ0) is 10.4. The summed E-state index contributed by atoms with van der Waals surface area (Å²) in [5.41, 5.74) is 0. The van der Waals surface area contributed by atoms with Gasteiger partial charge in [0, 0.05) is 0 Å². The molecule has 0 atom stereocenters. The van der Waals surface area contributed by atoms with Gasteiger partial charge in [-0.2, -0.15) is 10.5 Å². The molecule has 0 saturated carbocycles. The van der Waals surface area contributed by atoms with Crippen LogP contribution in [0.15, 0.2) is 0 Å². The molecule has 0 aromatic heterocycles. The van der Waals surface area contributed by atoms with Crippen molar-refractivity contribution in [1.82, 2.24) is 0 Å². The maximum Gasteiger partial charge on any atom is 0.181 e. The van der Waals surface area contributed by atoms with Gasteiger partial charge in [-0.1, -0.05) is 58.8 Å². The summed E-state index contributed by atoms with van der Waals surface area (Å²) in [6.07, 6.45) is 9.97. The molecule has 0 amide bonds. The lowest BCUT2D eigenvalue weighted by molar-refractivity contribution is 0.602. The van der Waals surface area contributed by atoms with Crippen LogP contribution in [-0.2, 0) is 0 Å². The van der Waals surface area contributed by atoms with Crippen molar-refractivity contribution in [2.45, 2.75) is 58.8 Å². The van der Waals surface area contributed by atoms with Crippen LogP contribution in [0.2, 0.25) is 0 Å². The zero-order valence-corrected chi connectivity index (χ0v) is 8.84. The van der Waals surface area contributed by atoms with Crippen LogP contribution >= 0.6 is 0 Å². The largest absolute Gasteiger partial charge is 0.181 e. The molecular weight excluding hydrogens is 160 g/mol. The average Bonchev–Trinajstić information content (AvgIpc) is 2.18. The third-order valence-corrected chi connectivity index (χ3v) is 1.76. The van der Waals surface area contributed by atoms with Crippen LogP contribution in [0, 0.1) is 22.7 Å². The second-order valence-electron chi connectivity index (χ2n) is 2.99. The van der Waals surface area contributed by atoms with Gasteiger partial charge in [-0.15, -0.1) is 0 Å². The van der Waals surface area contributed by atoms with Crippen molar-refractivity contribution < 1.29 is 0 Å². The van der Waals surface area contributed by atoms with E-state index < -0.39 is 0 Å². The fraction of sp³-hybridized carbons (Fsp3) is 0.818. The molecule has 0 rings (SSSR count). The van der Waals surface area contributed by atoms with Crippen molar-refractivity contribution in [3.05, 3.63) is 0 Å². The summed E-state index contributed by atoms with van der Waals surface area (Å²) in [4.78, 5) is 0. The van der Waals surface area contributed by atoms with E-state index in [0.717, 1.165) is 0 Å². The van der Waals surface area contributed by atoms with Gasteiger partial charge in [0.15, 0.2) is 12.1 Å². The lowest BCUT2D eigenvalue weighted by Gasteiger charge is -1.96. The van der Waals surface area contributed by atoms with E-state index in [4.69, 9.17) is 10.5 Å². The third kappa shape index (κ3) is 24.8. The van der Waals surface area contributed by atoms with Crippen LogP contribution in [0.25, 0.3) is 0 Å². The Hall–Kier alpha value is -1.02. The van der Waals surface area contributed by atoms with Gasteiger partial charge in [0.2, 0.25) is 0 Å². The van der Waals surface area contributed by atoms with Gasteiger partial charge in [-0.25, -0.2) is 0 Å². The van der Waals surface area contributed by atoms with Crippen LogP contribution in [0.5, 0.6) is 0 Å². The van der Waals surface area contributed by atoms with Crippen molar-refractivity contribution in [2.75, 3.05) is 0 Å². The van der Waals surface area contributed by atoms with Crippen LogP contribution < -0.4 is 0 Å². The molecule has 0 saturated heterocycles. The summed E-state index contributed by atoms with van der Waals surface area (Å²) in [5, 5.41) is 14.5. The number of unbranched alkanes of at least 4 members (excludes halogenated alkanes) is 6. The topological polar surface area (TPSA) is 47.6 Å². The first kappa shape index (κ1) is 14.5. The third-order valence-electron chi connectivity index (χ3n) is 1.76. The SMILES string of the molecule is CCCCCCCCC.N#CC#N. The summed E-state index contributed by atoms with van der Waals surface area (Å²) in [5.74, 6) is 0. The van der Waals surface area contributed by atoms with E-state index in [9.17, 15) is 0 Å². The Balaban J connectivity index is 0. The molecule has 0 aromatic carbocycles. The Morgan fingerprint density at radius 3 is 1.23 bits per heavy atom. The van der Waals surface area contributed by atoms with Gasteiger partial charge >= 0.3 is 0 Å². The second-order valence-corrected chi connectivity index (χ2v) is 2.99. The van der Waals surface area contributed by atoms with E-state index in [1.54, 1.807) is 0 Å². The molecule has 74 valence electrons. The van der Waals surface area contributed by atoms with E-state index >= 15 is 0 Å². The van der Waals surface area contributed by atoms with Gasteiger partial charge in [-0.05, 0) is 0 Å². The van der Waals surface area contributed by atoms with Gasteiger partial charge in [-0.3, -0.25) is 0 Å². The van der Waals surface area contributed by atoms with Crippen LogP contribution in [-0.4, -0.2) is 0 Å². The highest BCUT2D eigenvalue weighted by atomic mass is 14.3. The fourth-order valence-electron chi connectivity index (χ4n) is 1.03. The number of nitrogens with zero attached hydrogens (tertiary/aromatic N) is 2. The summed E-state index contributed by atoms with van der Waals surface area (Å²) in [6, 6.07) is 2.47. The molecule has 0 aliphatic rings. The monoisotopic (exact) mass is 180 g/mol. The van der Waals surface area contributed by atoms with Crippen LogP contribution in [0.4, 0.5) is 0 Å². The number of nitriles is 2. The summed E-state index contributed by atoms with van der Waals surface area (Å²) >= 11 is 0. The first-order valence-corrected chi connectivity index (χ1v) is 5.11. The van der Waals surface area contributed by atoms with E-state index in [0.29, 0.717) is 0 Å². The first-order chi connectivity index (χ1) is 6.33. The lowest BCUT2D eigenvalue weighted by atomic mass is 10.1. The molecule has 13 heavy (non-hydrogen) atoms. The Labute approximate surface area is 82.2 Å². The van der Waals surface area contributed by atoms with Crippen molar-refractivity contribution in [3.8, 4) is 12.1 Å². The van der Waals surface area contributed by atoms with Crippen LogP contribution in [0.1, 0.15) is 58.8 Å². The molecule has 0 heterocycles. The molecule has 2 nitrogen and oxygen atoms in total. The molecule has 0 radical (unpaired) electrons. The van der Waals surface area contributed by atoms with Crippen molar-refractivity contribution in [3.63, 3.8) is 0 Å². The highest BCUT2D eigenvalue weighted by molar-refractivity contribution is 4.99. The maximum absolute atomic E-state index is 7.26. The normalized spacial score (nSPS) is 7.69. The van der Waals surface area contributed by atoms with Crippen molar-refractivity contribution in [1.29, 1.82) is 10.5 Å². The van der Waals surface area contributed by atoms with Crippen molar-refractivity contribution in [2.24, 2.45) is 0 Å². The predicted octanol–water partition coefficient (Wildman–Crippen LogP) is 3.79. The number of rotatable bonds is 6. The minimum absolute atomic E-state index is 1.24. The molecule has 0 unspecified atom stereocenters. The molecule has 0 aromatic rings. The van der Waals surface area contributed by atoms with E-state index in [-0.39, 0.29) is 0 Å². The summed E-state index contributed by atoms with van der Waals surface area (Å²) in [6.45, 7) is 4.53. The minimum Gasteiger partial charge on any atom is -0.181 e. The van der Waals surface area contributed by atoms with Gasteiger partial charge in [0.1, 0.15) is 0 Å². The van der Waals surface area contributed by atoms with Gasteiger partial charge < -0.3 is 0 Å². The molecule has 0 N–H and O–H groups in total. The summed E-state index contributed by atoms with van der Waals surface area (Å²) in [7, 11) is 0. The highest BCUT2D eigenvalue weighted by Crippen LogP contribution is 2.05. The molecule has 0 fully saturated rings. The maximum atomic E-state index is 7.26. The number of hydrogen-bond donors (Lipinski definition) is 0. The lowest BCUT2D eigenvalue weighted by Crippen LogP contribution is -1.76. The fourth-order valence-corrected chi connectivity index (χ4v) is 1.03. The Morgan fingerprint density at radius 2 is 1.00 bits per heavy atom. The Morgan fingerprint density at radius 1 is 0.692 bits per heavy atom. The Bertz CT molecular complexity index is 132. The molecule has 0 aliphatic carbocycles. The van der Waals surface area contributed by atoms with Gasteiger partial charge in [0.05, 0.1) is 0 Å². The minimum atomic E-state index is 1.24. The second kappa shape index (κ2) is 17.2. The van der Waals surface area contributed by atoms with Crippen molar-refractivity contribution >= 4 is 0 Å². The van der Waals surface area contributed by atoms with E-state index in [1.807, 2.05) is 0 Å². The predicted molar refractivity (Wildman–Crippen MR) is 54.9 cm³/mol. The standard InChI is InChI=1S/C9H20.C2N2/c1-3-5-7-9-8-6-4-2;3-1-2-4/h3-9H2,1-2H3;. The summed E-state index contributed by atoms with van der Waals surface area (Å²) < 4.78 is 0.